The Bertz CT molecular complexity index is 879. The largest absolute Gasteiger partial charge is 0.462 e. The zero-order chi connectivity index (χ0) is 34.3. The van der Waals surface area contributed by atoms with Gasteiger partial charge in [0.25, 0.3) is 0 Å². The molecule has 0 rings (SSSR count). The number of hydrogen-bond donors (Lipinski definition) is 1. The summed E-state index contributed by atoms with van der Waals surface area (Å²) in [6.07, 6.45) is 49.8. The normalized spacial score (nSPS) is 13.0. The summed E-state index contributed by atoms with van der Waals surface area (Å²) in [6.45, 7) is 3.92. The summed E-state index contributed by atoms with van der Waals surface area (Å²) in [5.41, 5.74) is 0. The van der Waals surface area contributed by atoms with Gasteiger partial charge in [0.1, 0.15) is 6.61 Å². The number of hydrogen-bond acceptors (Lipinski definition) is 5. The monoisotopic (exact) mass is 655 g/mol. The lowest BCUT2D eigenvalue weighted by Crippen LogP contribution is -2.28. The molecular formula is C42H70O5. The van der Waals surface area contributed by atoms with Gasteiger partial charge in [-0.3, -0.25) is 9.59 Å². The van der Waals surface area contributed by atoms with Gasteiger partial charge in [-0.1, -0.05) is 157 Å². The average molecular weight is 655 g/mol. The van der Waals surface area contributed by atoms with Gasteiger partial charge in [-0.25, -0.2) is 0 Å². The minimum Gasteiger partial charge on any atom is -0.462 e. The molecule has 0 spiro atoms. The standard InChI is InChI=1S/C42H70O5/c1-3-5-7-9-11-13-15-17-19-20-21-23-24-26-28-30-32-34-36-41(44)46-39-40(38-43)47-42(45)37-35-33-31-29-27-25-22-18-16-14-12-10-8-6-4-2/h6,8,12,14,18-20,22,27,29,33,35,40,43H,3-5,7,9-11,13,15-17,21,23-26,28,30-32,34,36-39H2,1-2H3/b8-6-,14-12-,20-19-,22-18-,29-27-,35-33-. The summed E-state index contributed by atoms with van der Waals surface area (Å²) in [5.74, 6) is -0.748. The fourth-order valence-electron chi connectivity index (χ4n) is 4.92. The van der Waals surface area contributed by atoms with Crippen LogP contribution in [-0.2, 0) is 19.1 Å². The van der Waals surface area contributed by atoms with Crippen molar-refractivity contribution >= 4 is 11.9 Å². The van der Waals surface area contributed by atoms with Crippen molar-refractivity contribution in [1.29, 1.82) is 0 Å². The van der Waals surface area contributed by atoms with E-state index in [-0.39, 0.29) is 25.6 Å². The van der Waals surface area contributed by atoms with Crippen molar-refractivity contribution in [2.75, 3.05) is 13.2 Å². The van der Waals surface area contributed by atoms with Crippen molar-refractivity contribution < 1.29 is 24.2 Å². The second-order valence-corrected chi connectivity index (χ2v) is 12.3. The van der Waals surface area contributed by atoms with E-state index < -0.39 is 12.1 Å². The first-order valence-electron chi connectivity index (χ1n) is 19.0. The van der Waals surface area contributed by atoms with E-state index in [4.69, 9.17) is 9.47 Å². The number of aliphatic hydroxyl groups is 1. The second kappa shape index (κ2) is 37.8. The SMILES string of the molecule is CC/C=C\C/C=C\C/C=C\C/C=C\C/C=C\CC(=O)OC(CO)COC(=O)CCCCCCCCC/C=C\CCCCCCCCC. The molecule has 0 aromatic heterocycles. The Kier molecular flexibility index (Phi) is 35.7. The predicted octanol–water partition coefficient (Wildman–Crippen LogP) is 11.8. The van der Waals surface area contributed by atoms with Crippen molar-refractivity contribution in [3.63, 3.8) is 0 Å². The first-order chi connectivity index (χ1) is 23.1. The van der Waals surface area contributed by atoms with Crippen LogP contribution in [0.25, 0.3) is 0 Å². The predicted molar refractivity (Wildman–Crippen MR) is 200 cm³/mol. The maximum Gasteiger partial charge on any atom is 0.310 e. The van der Waals surface area contributed by atoms with E-state index in [1.165, 1.54) is 83.5 Å². The molecule has 1 atom stereocenters. The van der Waals surface area contributed by atoms with Crippen LogP contribution in [0.1, 0.15) is 162 Å². The molecule has 0 aliphatic carbocycles. The molecule has 268 valence electrons. The van der Waals surface area contributed by atoms with Gasteiger partial charge in [0, 0.05) is 6.42 Å². The van der Waals surface area contributed by atoms with Crippen molar-refractivity contribution in [2.45, 2.75) is 168 Å². The third kappa shape index (κ3) is 36.0. The number of carbonyl (C=O) groups is 2. The lowest BCUT2D eigenvalue weighted by Gasteiger charge is -2.15. The highest BCUT2D eigenvalue weighted by atomic mass is 16.6. The van der Waals surface area contributed by atoms with Crippen LogP contribution in [0.3, 0.4) is 0 Å². The number of esters is 2. The third-order valence-corrected chi connectivity index (χ3v) is 7.77. The Morgan fingerprint density at radius 1 is 0.532 bits per heavy atom. The number of allylic oxidation sites excluding steroid dienone is 11. The molecule has 0 aliphatic heterocycles. The molecule has 0 aromatic rings. The summed E-state index contributed by atoms with van der Waals surface area (Å²) < 4.78 is 10.5. The Balaban J connectivity index is 3.70. The summed E-state index contributed by atoms with van der Waals surface area (Å²) in [7, 11) is 0. The van der Waals surface area contributed by atoms with Crippen molar-refractivity contribution in [3.8, 4) is 0 Å². The van der Waals surface area contributed by atoms with E-state index in [9.17, 15) is 14.7 Å². The first-order valence-corrected chi connectivity index (χ1v) is 19.0. The van der Waals surface area contributed by atoms with Gasteiger partial charge in [-0.05, 0) is 64.2 Å². The van der Waals surface area contributed by atoms with Crippen LogP contribution < -0.4 is 0 Å². The second-order valence-electron chi connectivity index (χ2n) is 12.3. The summed E-state index contributed by atoms with van der Waals surface area (Å²) in [4.78, 5) is 24.2. The summed E-state index contributed by atoms with van der Waals surface area (Å²) in [5, 5.41) is 9.52. The Hall–Kier alpha value is -2.66. The molecule has 0 saturated heterocycles. The number of ether oxygens (including phenoxy) is 2. The highest BCUT2D eigenvalue weighted by molar-refractivity contribution is 5.71. The molecule has 1 N–H and O–H groups in total. The van der Waals surface area contributed by atoms with Crippen molar-refractivity contribution in [2.24, 2.45) is 0 Å². The lowest BCUT2D eigenvalue weighted by molar-refractivity contribution is -0.160. The molecule has 1 unspecified atom stereocenters. The molecular weight excluding hydrogens is 584 g/mol. The average Bonchev–Trinajstić information content (AvgIpc) is 3.07. The number of rotatable bonds is 33. The molecule has 5 heteroatoms. The fourth-order valence-corrected chi connectivity index (χ4v) is 4.92. The van der Waals surface area contributed by atoms with Gasteiger partial charge in [-0.15, -0.1) is 0 Å². The van der Waals surface area contributed by atoms with E-state index in [1.54, 1.807) is 6.08 Å². The van der Waals surface area contributed by atoms with Crippen LogP contribution in [0.2, 0.25) is 0 Å². The summed E-state index contributed by atoms with van der Waals surface area (Å²) in [6, 6.07) is 0. The van der Waals surface area contributed by atoms with Crippen LogP contribution in [0.5, 0.6) is 0 Å². The zero-order valence-electron chi connectivity index (χ0n) is 30.3. The quantitative estimate of drug-likeness (QED) is 0.0433. The molecule has 0 aliphatic rings. The van der Waals surface area contributed by atoms with Crippen LogP contribution in [0.15, 0.2) is 72.9 Å². The molecule has 0 fully saturated rings. The molecule has 0 radical (unpaired) electrons. The molecule has 0 bridgehead atoms. The maximum absolute atomic E-state index is 12.1. The minimum absolute atomic E-state index is 0.111. The highest BCUT2D eigenvalue weighted by Gasteiger charge is 2.15. The maximum atomic E-state index is 12.1. The molecule has 0 heterocycles. The zero-order valence-corrected chi connectivity index (χ0v) is 30.3. The van der Waals surface area contributed by atoms with E-state index >= 15 is 0 Å². The van der Waals surface area contributed by atoms with Gasteiger partial charge >= 0.3 is 11.9 Å². The minimum atomic E-state index is -0.829. The van der Waals surface area contributed by atoms with Gasteiger partial charge < -0.3 is 14.6 Å². The molecule has 0 amide bonds. The van der Waals surface area contributed by atoms with Crippen LogP contribution in [-0.4, -0.2) is 36.4 Å². The topological polar surface area (TPSA) is 72.8 Å². The molecule has 0 saturated carbocycles. The van der Waals surface area contributed by atoms with E-state index in [2.05, 4.69) is 74.6 Å². The smallest absolute Gasteiger partial charge is 0.310 e. The van der Waals surface area contributed by atoms with Crippen molar-refractivity contribution in [1.82, 2.24) is 0 Å². The van der Waals surface area contributed by atoms with Crippen LogP contribution in [0, 0.1) is 0 Å². The molecule has 5 nitrogen and oxygen atoms in total. The Morgan fingerprint density at radius 3 is 1.47 bits per heavy atom. The molecule has 0 aromatic carbocycles. The number of carbonyl (C=O) groups excluding carboxylic acids is 2. The Morgan fingerprint density at radius 2 is 0.979 bits per heavy atom. The first kappa shape index (κ1) is 44.3. The highest BCUT2D eigenvalue weighted by Crippen LogP contribution is 2.12. The van der Waals surface area contributed by atoms with Crippen molar-refractivity contribution in [3.05, 3.63) is 72.9 Å². The van der Waals surface area contributed by atoms with Gasteiger partial charge in [-0.2, -0.15) is 0 Å². The van der Waals surface area contributed by atoms with E-state index in [0.29, 0.717) is 6.42 Å². The molecule has 47 heavy (non-hydrogen) atoms. The number of aliphatic hydroxyl groups excluding tert-OH is 1. The van der Waals surface area contributed by atoms with E-state index in [0.717, 1.165) is 51.4 Å². The van der Waals surface area contributed by atoms with E-state index in [1.807, 2.05) is 6.08 Å². The van der Waals surface area contributed by atoms with Crippen LogP contribution in [0.4, 0.5) is 0 Å². The van der Waals surface area contributed by atoms with Crippen LogP contribution >= 0.6 is 0 Å². The lowest BCUT2D eigenvalue weighted by atomic mass is 10.1. The van der Waals surface area contributed by atoms with Gasteiger partial charge in [0.15, 0.2) is 6.10 Å². The van der Waals surface area contributed by atoms with Gasteiger partial charge in [0.05, 0.1) is 13.0 Å². The number of unbranched alkanes of at least 4 members (excludes halogenated alkanes) is 14. The fraction of sp³-hybridized carbons (Fsp3) is 0.667. The Labute approximate surface area is 289 Å². The van der Waals surface area contributed by atoms with Gasteiger partial charge in [0.2, 0.25) is 0 Å². The third-order valence-electron chi connectivity index (χ3n) is 7.77. The summed E-state index contributed by atoms with van der Waals surface area (Å²) >= 11 is 0.